The van der Waals surface area contributed by atoms with Gasteiger partial charge in [-0.15, -0.1) is 0 Å². The van der Waals surface area contributed by atoms with Crippen LogP contribution in [0.25, 0.3) is 0 Å². The maximum absolute atomic E-state index is 10.8. The first-order chi connectivity index (χ1) is 7.99. The van der Waals surface area contributed by atoms with E-state index in [0.717, 1.165) is 0 Å². The van der Waals surface area contributed by atoms with Gasteiger partial charge in [-0.25, -0.2) is 0 Å². The summed E-state index contributed by atoms with van der Waals surface area (Å²) in [6, 6.07) is 5.46. The standard InChI is InChI=1S/C11H12O5S/c12-7-5-10(6-8-13)9-1-3-11(4-2-9)17(14,15)16/h1-4,7-8,10H,5-6H2,(H,14,15,16). The quantitative estimate of drug-likeness (QED) is 0.610. The molecular weight excluding hydrogens is 244 g/mol. The average molecular weight is 256 g/mol. The molecule has 1 aromatic carbocycles. The number of rotatable bonds is 6. The highest BCUT2D eigenvalue weighted by molar-refractivity contribution is 7.85. The van der Waals surface area contributed by atoms with Crippen LogP contribution in [0, 0.1) is 0 Å². The molecule has 0 saturated heterocycles. The van der Waals surface area contributed by atoms with Crippen LogP contribution in [0.1, 0.15) is 24.3 Å². The highest BCUT2D eigenvalue weighted by Crippen LogP contribution is 2.22. The van der Waals surface area contributed by atoms with E-state index in [4.69, 9.17) is 4.55 Å². The minimum Gasteiger partial charge on any atom is -0.303 e. The first kappa shape index (κ1) is 13.5. The van der Waals surface area contributed by atoms with Crippen molar-refractivity contribution in [3.63, 3.8) is 0 Å². The van der Waals surface area contributed by atoms with Crippen LogP contribution in [0.2, 0.25) is 0 Å². The lowest BCUT2D eigenvalue weighted by Gasteiger charge is -2.11. The summed E-state index contributed by atoms with van der Waals surface area (Å²) in [5, 5.41) is 0. The van der Waals surface area contributed by atoms with Gasteiger partial charge in [-0.05, 0) is 23.6 Å². The van der Waals surface area contributed by atoms with Gasteiger partial charge in [0.2, 0.25) is 0 Å². The molecule has 0 aromatic heterocycles. The van der Waals surface area contributed by atoms with Gasteiger partial charge < -0.3 is 9.59 Å². The monoisotopic (exact) mass is 256 g/mol. The third-order valence-electron chi connectivity index (χ3n) is 2.41. The Labute approximate surface area is 99.2 Å². The summed E-state index contributed by atoms with van der Waals surface area (Å²) in [5.41, 5.74) is 0.691. The van der Waals surface area contributed by atoms with Crippen LogP contribution in [0.5, 0.6) is 0 Å². The predicted octanol–water partition coefficient (Wildman–Crippen LogP) is 1.19. The Morgan fingerprint density at radius 3 is 1.88 bits per heavy atom. The molecule has 0 aliphatic carbocycles. The summed E-state index contributed by atoms with van der Waals surface area (Å²) in [4.78, 5) is 20.7. The van der Waals surface area contributed by atoms with Gasteiger partial charge in [-0.3, -0.25) is 4.55 Å². The van der Waals surface area contributed by atoms with Crippen molar-refractivity contribution in [3.8, 4) is 0 Å². The summed E-state index contributed by atoms with van der Waals surface area (Å²) in [6.45, 7) is 0. The SMILES string of the molecule is O=CCC(CC=O)c1ccc(S(=O)(=O)O)cc1. The predicted molar refractivity (Wildman–Crippen MR) is 60.4 cm³/mol. The number of hydrogen-bond acceptors (Lipinski definition) is 4. The zero-order valence-electron chi connectivity index (χ0n) is 8.94. The van der Waals surface area contributed by atoms with Gasteiger partial charge in [-0.2, -0.15) is 8.42 Å². The number of benzene rings is 1. The molecule has 17 heavy (non-hydrogen) atoms. The smallest absolute Gasteiger partial charge is 0.294 e. The van der Waals surface area contributed by atoms with Crippen molar-refractivity contribution in [2.45, 2.75) is 23.7 Å². The van der Waals surface area contributed by atoms with E-state index in [1.54, 1.807) is 0 Å². The largest absolute Gasteiger partial charge is 0.303 e. The molecule has 0 fully saturated rings. The molecule has 0 heterocycles. The summed E-state index contributed by atoms with van der Waals surface area (Å²) >= 11 is 0. The zero-order valence-corrected chi connectivity index (χ0v) is 9.76. The Morgan fingerprint density at radius 1 is 1.06 bits per heavy atom. The van der Waals surface area contributed by atoms with E-state index >= 15 is 0 Å². The van der Waals surface area contributed by atoms with Crippen LogP contribution in [0.3, 0.4) is 0 Å². The second-order valence-corrected chi connectivity index (χ2v) is 4.97. The van der Waals surface area contributed by atoms with Crippen molar-refractivity contribution in [3.05, 3.63) is 29.8 Å². The fraction of sp³-hybridized carbons (Fsp3) is 0.273. The van der Waals surface area contributed by atoms with Gasteiger partial charge >= 0.3 is 0 Å². The van der Waals surface area contributed by atoms with E-state index in [1.165, 1.54) is 24.3 Å². The van der Waals surface area contributed by atoms with Gasteiger partial charge in [0.1, 0.15) is 12.6 Å². The first-order valence-electron chi connectivity index (χ1n) is 4.93. The van der Waals surface area contributed by atoms with Gasteiger partial charge in [-0.1, -0.05) is 12.1 Å². The minimum absolute atomic E-state index is 0.198. The van der Waals surface area contributed by atoms with Crippen molar-refractivity contribution in [1.29, 1.82) is 0 Å². The fourth-order valence-corrected chi connectivity index (χ4v) is 1.99. The van der Waals surface area contributed by atoms with E-state index in [9.17, 15) is 18.0 Å². The van der Waals surface area contributed by atoms with E-state index in [-0.39, 0.29) is 23.7 Å². The highest BCUT2D eigenvalue weighted by Gasteiger charge is 2.13. The van der Waals surface area contributed by atoms with Gasteiger partial charge in [0.15, 0.2) is 0 Å². The normalized spacial score (nSPS) is 11.4. The molecule has 0 aliphatic heterocycles. The Balaban J connectivity index is 2.99. The molecule has 0 atom stereocenters. The lowest BCUT2D eigenvalue weighted by atomic mass is 9.94. The molecule has 0 amide bonds. The average Bonchev–Trinajstić information content (AvgIpc) is 2.28. The van der Waals surface area contributed by atoms with Gasteiger partial charge in [0.25, 0.3) is 10.1 Å². The molecule has 6 heteroatoms. The second-order valence-electron chi connectivity index (χ2n) is 3.55. The van der Waals surface area contributed by atoms with E-state index < -0.39 is 10.1 Å². The van der Waals surface area contributed by atoms with E-state index in [0.29, 0.717) is 18.1 Å². The van der Waals surface area contributed by atoms with Crippen molar-refractivity contribution >= 4 is 22.7 Å². The topological polar surface area (TPSA) is 88.5 Å². The molecule has 0 bridgehead atoms. The van der Waals surface area contributed by atoms with Crippen LogP contribution < -0.4 is 0 Å². The third kappa shape index (κ3) is 3.76. The Bertz CT molecular complexity index is 479. The first-order valence-corrected chi connectivity index (χ1v) is 6.37. The molecule has 0 radical (unpaired) electrons. The lowest BCUT2D eigenvalue weighted by Crippen LogP contribution is -2.02. The summed E-state index contributed by atoms with van der Waals surface area (Å²) in [5.74, 6) is -0.250. The zero-order chi connectivity index (χ0) is 12.9. The molecule has 0 unspecified atom stereocenters. The number of carbonyl (C=O) groups is 2. The molecule has 1 aromatic rings. The van der Waals surface area contributed by atoms with E-state index in [1.807, 2.05) is 0 Å². The van der Waals surface area contributed by atoms with Crippen molar-refractivity contribution in [2.24, 2.45) is 0 Å². The number of carbonyl (C=O) groups excluding carboxylic acids is 2. The summed E-state index contributed by atoms with van der Waals surface area (Å²) < 4.78 is 30.4. The van der Waals surface area contributed by atoms with E-state index in [2.05, 4.69) is 0 Å². The summed E-state index contributed by atoms with van der Waals surface area (Å²) in [7, 11) is -4.21. The minimum atomic E-state index is -4.21. The van der Waals surface area contributed by atoms with Crippen molar-refractivity contribution < 1.29 is 22.6 Å². The molecule has 1 rings (SSSR count). The maximum atomic E-state index is 10.8. The van der Waals surface area contributed by atoms with Crippen LogP contribution in [-0.4, -0.2) is 25.5 Å². The maximum Gasteiger partial charge on any atom is 0.294 e. The van der Waals surface area contributed by atoms with Crippen LogP contribution >= 0.6 is 0 Å². The molecule has 5 nitrogen and oxygen atoms in total. The Hall–Kier alpha value is -1.53. The molecule has 0 aliphatic rings. The van der Waals surface area contributed by atoms with Crippen molar-refractivity contribution in [2.75, 3.05) is 0 Å². The van der Waals surface area contributed by atoms with Crippen molar-refractivity contribution in [1.82, 2.24) is 0 Å². The highest BCUT2D eigenvalue weighted by atomic mass is 32.2. The third-order valence-corrected chi connectivity index (χ3v) is 3.28. The van der Waals surface area contributed by atoms with Crippen LogP contribution in [-0.2, 0) is 19.7 Å². The molecule has 0 spiro atoms. The summed E-state index contributed by atoms with van der Waals surface area (Å²) in [6.07, 6.45) is 1.82. The number of hydrogen-bond donors (Lipinski definition) is 1. The molecule has 1 N–H and O–H groups in total. The van der Waals surface area contributed by atoms with Gasteiger partial charge in [0.05, 0.1) is 4.90 Å². The van der Waals surface area contributed by atoms with Crippen LogP contribution in [0.15, 0.2) is 29.2 Å². The number of aldehydes is 2. The Morgan fingerprint density at radius 2 is 1.53 bits per heavy atom. The fourth-order valence-electron chi connectivity index (χ4n) is 1.51. The van der Waals surface area contributed by atoms with Crippen LogP contribution in [0.4, 0.5) is 0 Å². The lowest BCUT2D eigenvalue weighted by molar-refractivity contribution is -0.109. The Kier molecular flexibility index (Phi) is 4.53. The molecular formula is C11H12O5S. The van der Waals surface area contributed by atoms with Gasteiger partial charge in [0, 0.05) is 12.8 Å². The second kappa shape index (κ2) is 5.70. The molecule has 0 saturated carbocycles. The molecule has 92 valence electrons.